The topological polar surface area (TPSA) is 49.9 Å². The Labute approximate surface area is 119 Å². The summed E-state index contributed by atoms with van der Waals surface area (Å²) in [6, 6.07) is 9.42. The van der Waals surface area contributed by atoms with Gasteiger partial charge in [-0.2, -0.15) is 0 Å². The third-order valence-electron chi connectivity index (χ3n) is 3.35. The van der Waals surface area contributed by atoms with E-state index in [0.29, 0.717) is 32.8 Å². The highest BCUT2D eigenvalue weighted by atomic mass is 16.5. The van der Waals surface area contributed by atoms with E-state index in [0.717, 1.165) is 5.69 Å². The fourth-order valence-electron chi connectivity index (χ4n) is 2.26. The number of benzene rings is 1. The summed E-state index contributed by atoms with van der Waals surface area (Å²) >= 11 is 0. The monoisotopic (exact) mass is 276 g/mol. The number of para-hydroxylation sites is 1. The van der Waals surface area contributed by atoms with Gasteiger partial charge in [0.1, 0.15) is 6.42 Å². The lowest BCUT2D eigenvalue weighted by Crippen LogP contribution is -2.43. The first-order chi connectivity index (χ1) is 9.72. The number of anilines is 1. The second-order valence-electron chi connectivity index (χ2n) is 4.64. The average Bonchev–Trinajstić information content (AvgIpc) is 2.50. The van der Waals surface area contributed by atoms with E-state index in [1.54, 1.807) is 9.80 Å². The molecule has 0 saturated carbocycles. The molecule has 108 valence electrons. The molecule has 2 amide bonds. The summed E-state index contributed by atoms with van der Waals surface area (Å²) in [6.45, 7) is 4.71. The average molecular weight is 276 g/mol. The maximum absolute atomic E-state index is 12.3. The Morgan fingerprint density at radius 1 is 1.20 bits per heavy atom. The minimum atomic E-state index is -0.157. The minimum Gasteiger partial charge on any atom is -0.378 e. The van der Waals surface area contributed by atoms with Crippen molar-refractivity contribution in [3.05, 3.63) is 30.3 Å². The highest BCUT2D eigenvalue weighted by Gasteiger charge is 2.22. The number of nitrogens with zero attached hydrogens (tertiary/aromatic N) is 2. The Bertz CT molecular complexity index is 455. The van der Waals surface area contributed by atoms with Gasteiger partial charge in [-0.05, 0) is 19.1 Å². The summed E-state index contributed by atoms with van der Waals surface area (Å²) in [4.78, 5) is 27.7. The zero-order valence-corrected chi connectivity index (χ0v) is 11.7. The summed E-state index contributed by atoms with van der Waals surface area (Å²) in [7, 11) is 0. The molecule has 0 spiro atoms. The van der Waals surface area contributed by atoms with E-state index >= 15 is 0 Å². The standard InChI is InChI=1S/C15H20N2O3/c1-2-17(13-6-4-3-5-7-13)15(19)12-14(18)16-8-10-20-11-9-16/h3-7H,2,8-12H2,1H3. The van der Waals surface area contributed by atoms with Crippen molar-refractivity contribution in [3.63, 3.8) is 0 Å². The molecule has 1 aliphatic rings. The summed E-state index contributed by atoms with van der Waals surface area (Å²) < 4.78 is 5.20. The molecule has 0 atom stereocenters. The van der Waals surface area contributed by atoms with Crippen LogP contribution in [0.3, 0.4) is 0 Å². The number of ether oxygens (including phenoxy) is 1. The summed E-state index contributed by atoms with van der Waals surface area (Å²) in [5.74, 6) is -0.275. The van der Waals surface area contributed by atoms with Gasteiger partial charge in [-0.15, -0.1) is 0 Å². The number of hydrogen-bond donors (Lipinski definition) is 0. The second kappa shape index (κ2) is 7.05. The number of amides is 2. The van der Waals surface area contributed by atoms with Crippen molar-refractivity contribution in [3.8, 4) is 0 Å². The molecule has 1 fully saturated rings. The molecular formula is C15H20N2O3. The Morgan fingerprint density at radius 2 is 1.85 bits per heavy atom. The van der Waals surface area contributed by atoms with Crippen molar-refractivity contribution in [2.45, 2.75) is 13.3 Å². The predicted octanol–water partition coefficient (Wildman–Crippen LogP) is 1.29. The molecule has 2 rings (SSSR count). The van der Waals surface area contributed by atoms with Crippen LogP contribution in [0.25, 0.3) is 0 Å². The van der Waals surface area contributed by atoms with Gasteiger partial charge >= 0.3 is 0 Å². The Hall–Kier alpha value is -1.88. The van der Waals surface area contributed by atoms with Gasteiger partial charge < -0.3 is 14.5 Å². The smallest absolute Gasteiger partial charge is 0.236 e. The van der Waals surface area contributed by atoms with Crippen LogP contribution in [0.15, 0.2) is 30.3 Å². The van der Waals surface area contributed by atoms with Crippen LogP contribution in [-0.4, -0.2) is 49.6 Å². The Kier molecular flexibility index (Phi) is 5.12. The van der Waals surface area contributed by atoms with Gasteiger partial charge in [-0.3, -0.25) is 9.59 Å². The quantitative estimate of drug-likeness (QED) is 0.779. The van der Waals surface area contributed by atoms with Crippen LogP contribution in [0.5, 0.6) is 0 Å². The van der Waals surface area contributed by atoms with Gasteiger partial charge in [0.2, 0.25) is 11.8 Å². The molecule has 0 aromatic heterocycles. The number of morpholine rings is 1. The van der Waals surface area contributed by atoms with Crippen molar-refractivity contribution in [1.82, 2.24) is 4.90 Å². The lowest BCUT2D eigenvalue weighted by molar-refractivity contribution is -0.138. The lowest BCUT2D eigenvalue weighted by atomic mass is 10.2. The SMILES string of the molecule is CCN(C(=O)CC(=O)N1CCOCC1)c1ccccc1. The third-order valence-corrected chi connectivity index (χ3v) is 3.35. The molecule has 0 radical (unpaired) electrons. The van der Waals surface area contributed by atoms with Crippen molar-refractivity contribution in [2.75, 3.05) is 37.7 Å². The maximum atomic E-state index is 12.3. The molecule has 0 unspecified atom stereocenters. The van der Waals surface area contributed by atoms with Crippen LogP contribution >= 0.6 is 0 Å². The first kappa shape index (κ1) is 14.5. The van der Waals surface area contributed by atoms with E-state index < -0.39 is 0 Å². The molecule has 1 aliphatic heterocycles. The van der Waals surface area contributed by atoms with Crippen LogP contribution in [0, 0.1) is 0 Å². The van der Waals surface area contributed by atoms with Crippen LogP contribution < -0.4 is 4.90 Å². The first-order valence-electron chi connectivity index (χ1n) is 6.93. The second-order valence-corrected chi connectivity index (χ2v) is 4.64. The van der Waals surface area contributed by atoms with Gasteiger partial charge in [0.25, 0.3) is 0 Å². The zero-order valence-electron chi connectivity index (χ0n) is 11.7. The molecule has 20 heavy (non-hydrogen) atoms. The zero-order chi connectivity index (χ0) is 14.4. The van der Waals surface area contributed by atoms with Gasteiger partial charge in [0.05, 0.1) is 13.2 Å². The Balaban J connectivity index is 1.97. The van der Waals surface area contributed by atoms with Gasteiger partial charge in [-0.1, -0.05) is 18.2 Å². The molecular weight excluding hydrogens is 256 g/mol. The highest BCUT2D eigenvalue weighted by Crippen LogP contribution is 2.14. The van der Waals surface area contributed by atoms with Crippen molar-refractivity contribution >= 4 is 17.5 Å². The molecule has 0 bridgehead atoms. The summed E-state index contributed by atoms with van der Waals surface area (Å²) in [6.07, 6.45) is -0.0806. The van der Waals surface area contributed by atoms with Crippen LogP contribution in [-0.2, 0) is 14.3 Å². The molecule has 1 aromatic carbocycles. The van der Waals surface area contributed by atoms with E-state index in [-0.39, 0.29) is 18.2 Å². The van der Waals surface area contributed by atoms with E-state index in [1.165, 1.54) is 0 Å². The summed E-state index contributed by atoms with van der Waals surface area (Å²) in [5, 5.41) is 0. The normalized spacial score (nSPS) is 14.9. The largest absolute Gasteiger partial charge is 0.378 e. The van der Waals surface area contributed by atoms with Crippen LogP contribution in [0.4, 0.5) is 5.69 Å². The van der Waals surface area contributed by atoms with Crippen molar-refractivity contribution in [2.24, 2.45) is 0 Å². The molecule has 5 heteroatoms. The van der Waals surface area contributed by atoms with E-state index in [4.69, 9.17) is 4.74 Å². The molecule has 1 saturated heterocycles. The van der Waals surface area contributed by atoms with Crippen molar-refractivity contribution in [1.29, 1.82) is 0 Å². The number of rotatable bonds is 4. The van der Waals surface area contributed by atoms with E-state index in [9.17, 15) is 9.59 Å². The molecule has 0 N–H and O–H groups in total. The van der Waals surface area contributed by atoms with Crippen molar-refractivity contribution < 1.29 is 14.3 Å². The fraction of sp³-hybridized carbons (Fsp3) is 0.467. The number of carbonyl (C=O) groups is 2. The lowest BCUT2D eigenvalue weighted by Gasteiger charge is -2.28. The molecule has 1 heterocycles. The predicted molar refractivity (Wildman–Crippen MR) is 76.5 cm³/mol. The number of hydrogen-bond acceptors (Lipinski definition) is 3. The van der Waals surface area contributed by atoms with Gasteiger partial charge in [0.15, 0.2) is 0 Å². The molecule has 5 nitrogen and oxygen atoms in total. The van der Waals surface area contributed by atoms with E-state index in [2.05, 4.69) is 0 Å². The first-order valence-corrected chi connectivity index (χ1v) is 6.93. The molecule has 1 aromatic rings. The van der Waals surface area contributed by atoms with Crippen LogP contribution in [0.2, 0.25) is 0 Å². The highest BCUT2D eigenvalue weighted by molar-refractivity contribution is 6.04. The van der Waals surface area contributed by atoms with Crippen LogP contribution in [0.1, 0.15) is 13.3 Å². The van der Waals surface area contributed by atoms with Gasteiger partial charge in [0, 0.05) is 25.3 Å². The van der Waals surface area contributed by atoms with Gasteiger partial charge in [-0.25, -0.2) is 0 Å². The Morgan fingerprint density at radius 3 is 2.45 bits per heavy atom. The third kappa shape index (κ3) is 3.57. The molecule has 0 aliphatic carbocycles. The fourth-order valence-corrected chi connectivity index (χ4v) is 2.26. The number of carbonyl (C=O) groups excluding carboxylic acids is 2. The van der Waals surface area contributed by atoms with E-state index in [1.807, 2.05) is 37.3 Å². The summed E-state index contributed by atoms with van der Waals surface area (Å²) in [5.41, 5.74) is 0.828. The minimum absolute atomic E-state index is 0.0806. The maximum Gasteiger partial charge on any atom is 0.236 e.